The van der Waals surface area contributed by atoms with Crippen molar-refractivity contribution in [1.29, 1.82) is 0 Å². The van der Waals surface area contributed by atoms with E-state index in [1.807, 2.05) is 13.8 Å². The minimum absolute atomic E-state index is 0.169. The Morgan fingerprint density at radius 1 is 1.13 bits per heavy atom. The van der Waals surface area contributed by atoms with Crippen LogP contribution < -0.4 is 5.32 Å². The predicted octanol–water partition coefficient (Wildman–Crippen LogP) is 2.96. The molecule has 1 saturated heterocycles. The molecule has 1 aliphatic heterocycles. The van der Waals surface area contributed by atoms with Gasteiger partial charge in [0.1, 0.15) is 5.82 Å². The van der Waals surface area contributed by atoms with Gasteiger partial charge in [0.2, 0.25) is 0 Å². The molecule has 0 unspecified atom stereocenters. The fourth-order valence-corrected chi connectivity index (χ4v) is 6.42. The summed E-state index contributed by atoms with van der Waals surface area (Å²) in [5.74, 6) is 0.354. The van der Waals surface area contributed by atoms with Gasteiger partial charge in [-0.3, -0.25) is 4.79 Å². The fourth-order valence-electron chi connectivity index (χ4n) is 4.58. The number of piperidine rings is 1. The highest BCUT2D eigenvalue weighted by molar-refractivity contribution is 7.86. The van der Waals surface area contributed by atoms with Crippen LogP contribution in [-0.2, 0) is 10.2 Å². The first-order chi connectivity index (χ1) is 14.4. The Balaban J connectivity index is 1.94. The SMILES string of the molecule is CCN(CC)S(=O)(=O)N1CCCC[C@H]1c1nc(C)ncc1C(=O)NC1CCCCC1. The summed E-state index contributed by atoms with van der Waals surface area (Å²) < 4.78 is 29.7. The fraction of sp³-hybridized carbons (Fsp3) is 0.762. The second kappa shape index (κ2) is 10.2. The van der Waals surface area contributed by atoms with E-state index in [-0.39, 0.29) is 11.9 Å². The number of nitrogens with one attached hydrogen (secondary N) is 1. The van der Waals surface area contributed by atoms with Crippen LogP contribution in [0.2, 0.25) is 0 Å². The van der Waals surface area contributed by atoms with E-state index in [2.05, 4.69) is 15.3 Å². The smallest absolute Gasteiger partial charge is 0.282 e. The topological polar surface area (TPSA) is 95.5 Å². The van der Waals surface area contributed by atoms with Crippen molar-refractivity contribution in [2.45, 2.75) is 84.2 Å². The number of aryl methyl sites for hydroxylation is 1. The lowest BCUT2D eigenvalue weighted by Crippen LogP contribution is -2.48. The zero-order valence-corrected chi connectivity index (χ0v) is 19.2. The molecule has 1 saturated carbocycles. The summed E-state index contributed by atoms with van der Waals surface area (Å²) >= 11 is 0. The molecule has 1 atom stereocenters. The lowest BCUT2D eigenvalue weighted by molar-refractivity contribution is 0.0922. The lowest BCUT2D eigenvalue weighted by atomic mass is 9.94. The Bertz CT molecular complexity index is 835. The van der Waals surface area contributed by atoms with E-state index in [9.17, 15) is 13.2 Å². The summed E-state index contributed by atoms with van der Waals surface area (Å²) in [5, 5.41) is 3.14. The van der Waals surface area contributed by atoms with Crippen LogP contribution in [0.15, 0.2) is 6.20 Å². The van der Waals surface area contributed by atoms with Crippen molar-refractivity contribution in [3.8, 4) is 0 Å². The molecule has 0 spiro atoms. The average Bonchev–Trinajstić information content (AvgIpc) is 2.75. The number of nitrogens with zero attached hydrogens (tertiary/aromatic N) is 4. The molecule has 1 aliphatic carbocycles. The molecule has 1 amide bonds. The summed E-state index contributed by atoms with van der Waals surface area (Å²) in [6, 6.07) is -0.277. The van der Waals surface area contributed by atoms with Crippen LogP contribution in [0.1, 0.15) is 93.1 Å². The zero-order chi connectivity index (χ0) is 21.7. The highest BCUT2D eigenvalue weighted by Gasteiger charge is 2.39. The maximum atomic E-state index is 13.3. The van der Waals surface area contributed by atoms with Gasteiger partial charge in [-0.05, 0) is 32.6 Å². The highest BCUT2D eigenvalue weighted by atomic mass is 32.2. The van der Waals surface area contributed by atoms with Crippen molar-refractivity contribution in [2.24, 2.45) is 0 Å². The summed E-state index contributed by atoms with van der Waals surface area (Å²) in [5.41, 5.74) is 0.934. The van der Waals surface area contributed by atoms with E-state index in [1.54, 1.807) is 17.4 Å². The normalized spacial score (nSPS) is 21.7. The molecular formula is C21H35N5O3S. The van der Waals surface area contributed by atoms with E-state index < -0.39 is 16.3 Å². The summed E-state index contributed by atoms with van der Waals surface area (Å²) in [7, 11) is -3.63. The third-order valence-corrected chi connectivity index (χ3v) is 8.42. The van der Waals surface area contributed by atoms with Crippen LogP contribution in [0.5, 0.6) is 0 Å². The van der Waals surface area contributed by atoms with Crippen molar-refractivity contribution in [3.05, 3.63) is 23.3 Å². The monoisotopic (exact) mass is 437 g/mol. The minimum Gasteiger partial charge on any atom is -0.349 e. The second-order valence-corrected chi connectivity index (χ2v) is 10.1. The van der Waals surface area contributed by atoms with Crippen molar-refractivity contribution in [1.82, 2.24) is 23.9 Å². The van der Waals surface area contributed by atoms with Crippen molar-refractivity contribution in [2.75, 3.05) is 19.6 Å². The molecule has 168 valence electrons. The van der Waals surface area contributed by atoms with Gasteiger partial charge < -0.3 is 5.32 Å². The predicted molar refractivity (Wildman–Crippen MR) is 116 cm³/mol. The first kappa shape index (κ1) is 23.1. The van der Waals surface area contributed by atoms with E-state index >= 15 is 0 Å². The number of rotatable bonds is 7. The molecule has 1 N–H and O–H groups in total. The van der Waals surface area contributed by atoms with Gasteiger partial charge in [-0.25, -0.2) is 9.97 Å². The van der Waals surface area contributed by atoms with Gasteiger partial charge in [0, 0.05) is 31.9 Å². The Morgan fingerprint density at radius 3 is 2.47 bits per heavy atom. The molecular weight excluding hydrogens is 402 g/mol. The maximum Gasteiger partial charge on any atom is 0.282 e. The number of carbonyl (C=O) groups excluding carboxylic acids is 1. The molecule has 1 aromatic rings. The Kier molecular flexibility index (Phi) is 7.81. The van der Waals surface area contributed by atoms with Crippen LogP contribution in [0.25, 0.3) is 0 Å². The van der Waals surface area contributed by atoms with E-state index in [0.717, 1.165) is 38.5 Å². The molecule has 2 fully saturated rings. The van der Waals surface area contributed by atoms with Gasteiger partial charge in [0.25, 0.3) is 16.1 Å². The van der Waals surface area contributed by atoms with Gasteiger partial charge in [-0.2, -0.15) is 17.0 Å². The molecule has 1 aromatic heterocycles. The van der Waals surface area contributed by atoms with Crippen LogP contribution >= 0.6 is 0 Å². The van der Waals surface area contributed by atoms with Gasteiger partial charge in [0.15, 0.2) is 0 Å². The number of aromatic nitrogens is 2. The van der Waals surface area contributed by atoms with Crippen molar-refractivity contribution >= 4 is 16.1 Å². The Labute approximate surface area is 180 Å². The van der Waals surface area contributed by atoms with Gasteiger partial charge >= 0.3 is 0 Å². The van der Waals surface area contributed by atoms with Crippen LogP contribution in [0, 0.1) is 6.92 Å². The first-order valence-corrected chi connectivity index (χ1v) is 12.7. The second-order valence-electron chi connectivity index (χ2n) is 8.24. The van der Waals surface area contributed by atoms with Gasteiger partial charge in [-0.15, -0.1) is 0 Å². The summed E-state index contributed by atoms with van der Waals surface area (Å²) in [6.07, 6.45) is 9.37. The average molecular weight is 438 g/mol. The third-order valence-electron chi connectivity index (χ3n) is 6.22. The molecule has 0 radical (unpaired) electrons. The lowest BCUT2D eigenvalue weighted by Gasteiger charge is -2.37. The molecule has 9 heteroatoms. The molecule has 3 rings (SSSR count). The molecule has 2 aliphatic rings. The minimum atomic E-state index is -3.63. The van der Waals surface area contributed by atoms with Crippen LogP contribution in [0.4, 0.5) is 0 Å². The summed E-state index contributed by atoms with van der Waals surface area (Å²) in [4.78, 5) is 22.0. The highest BCUT2D eigenvalue weighted by Crippen LogP contribution is 2.35. The van der Waals surface area contributed by atoms with E-state index in [0.29, 0.717) is 43.1 Å². The number of amides is 1. The number of hydrogen-bond acceptors (Lipinski definition) is 5. The van der Waals surface area contributed by atoms with Gasteiger partial charge in [-0.1, -0.05) is 39.5 Å². The maximum absolute atomic E-state index is 13.3. The van der Waals surface area contributed by atoms with Crippen molar-refractivity contribution < 1.29 is 13.2 Å². The molecule has 8 nitrogen and oxygen atoms in total. The van der Waals surface area contributed by atoms with E-state index in [1.165, 1.54) is 10.7 Å². The third kappa shape index (κ3) is 5.00. The molecule has 0 aromatic carbocycles. The van der Waals surface area contributed by atoms with Crippen LogP contribution in [0.3, 0.4) is 0 Å². The molecule has 30 heavy (non-hydrogen) atoms. The quantitative estimate of drug-likeness (QED) is 0.707. The molecule has 2 heterocycles. The summed E-state index contributed by atoms with van der Waals surface area (Å²) in [6.45, 7) is 6.74. The van der Waals surface area contributed by atoms with E-state index in [4.69, 9.17) is 0 Å². The number of carbonyl (C=O) groups is 1. The first-order valence-electron chi connectivity index (χ1n) is 11.3. The Morgan fingerprint density at radius 2 is 1.80 bits per heavy atom. The van der Waals surface area contributed by atoms with Gasteiger partial charge in [0.05, 0.1) is 17.3 Å². The number of hydrogen-bond donors (Lipinski definition) is 1. The van der Waals surface area contributed by atoms with Crippen molar-refractivity contribution in [3.63, 3.8) is 0 Å². The van der Waals surface area contributed by atoms with Crippen LogP contribution in [-0.4, -0.2) is 58.6 Å². The zero-order valence-electron chi connectivity index (χ0n) is 18.4. The largest absolute Gasteiger partial charge is 0.349 e. The Hall–Kier alpha value is -1.58. The standard InChI is InChI=1S/C21H35N5O3S/c1-4-25(5-2)30(28,29)26-14-10-9-13-19(26)20-18(15-22-16(3)23-20)21(27)24-17-11-7-6-8-12-17/h15,17,19H,4-14H2,1-3H3,(H,24,27)/t19-/m0/s1. The molecule has 0 bridgehead atoms.